The Balaban J connectivity index is 1.98. The lowest BCUT2D eigenvalue weighted by Gasteiger charge is -2.36. The molecule has 1 heterocycles. The molecular weight excluding hydrogens is 232 g/mol. The van der Waals surface area contributed by atoms with Crippen LogP contribution in [0.15, 0.2) is 24.4 Å². The lowest BCUT2D eigenvalue weighted by molar-refractivity contribution is 0.168. The molecular formula is C17H28N2. The molecule has 1 N–H and O–H groups in total. The highest BCUT2D eigenvalue weighted by molar-refractivity contribution is 5.05. The highest BCUT2D eigenvalue weighted by atomic mass is 14.8. The van der Waals surface area contributed by atoms with Crippen LogP contribution in [0, 0.1) is 17.8 Å². The Morgan fingerprint density at radius 2 is 2.16 bits per heavy atom. The molecule has 1 fully saturated rings. The van der Waals surface area contributed by atoms with Crippen molar-refractivity contribution < 1.29 is 0 Å². The lowest BCUT2D eigenvalue weighted by Crippen LogP contribution is -2.33. The van der Waals surface area contributed by atoms with Gasteiger partial charge in [0.25, 0.3) is 0 Å². The van der Waals surface area contributed by atoms with Gasteiger partial charge in [-0.05, 0) is 62.7 Å². The van der Waals surface area contributed by atoms with Crippen LogP contribution in [0.1, 0.15) is 44.7 Å². The second kappa shape index (κ2) is 7.64. The molecule has 19 heavy (non-hydrogen) atoms. The molecule has 2 nitrogen and oxygen atoms in total. The summed E-state index contributed by atoms with van der Waals surface area (Å²) >= 11 is 0. The molecule has 3 unspecified atom stereocenters. The van der Waals surface area contributed by atoms with Crippen LogP contribution >= 0.6 is 0 Å². The zero-order valence-electron chi connectivity index (χ0n) is 12.4. The fourth-order valence-corrected chi connectivity index (χ4v) is 3.66. The van der Waals surface area contributed by atoms with E-state index in [1.165, 1.54) is 37.8 Å². The molecule has 1 saturated carbocycles. The van der Waals surface area contributed by atoms with E-state index in [4.69, 9.17) is 0 Å². The number of nitrogens with one attached hydrogen (secondary N) is 1. The number of nitrogens with zero attached hydrogens (tertiary/aromatic N) is 1. The van der Waals surface area contributed by atoms with Crippen LogP contribution in [-0.2, 0) is 6.42 Å². The average molecular weight is 260 g/mol. The van der Waals surface area contributed by atoms with Crippen molar-refractivity contribution in [3.63, 3.8) is 0 Å². The summed E-state index contributed by atoms with van der Waals surface area (Å²) < 4.78 is 0. The van der Waals surface area contributed by atoms with Gasteiger partial charge in [0.1, 0.15) is 0 Å². The first kappa shape index (κ1) is 14.5. The van der Waals surface area contributed by atoms with Crippen LogP contribution < -0.4 is 5.32 Å². The molecule has 2 heteroatoms. The van der Waals surface area contributed by atoms with E-state index in [1.807, 2.05) is 12.3 Å². The van der Waals surface area contributed by atoms with Crippen LogP contribution in [0.5, 0.6) is 0 Å². The maximum absolute atomic E-state index is 4.52. The molecule has 1 aliphatic carbocycles. The Kier molecular flexibility index (Phi) is 5.84. The van der Waals surface area contributed by atoms with Gasteiger partial charge >= 0.3 is 0 Å². The summed E-state index contributed by atoms with van der Waals surface area (Å²) in [6.45, 7) is 3.48. The predicted octanol–water partition coefficient (Wildman–Crippen LogP) is 3.68. The van der Waals surface area contributed by atoms with Crippen LogP contribution in [0.3, 0.4) is 0 Å². The number of pyridine rings is 1. The topological polar surface area (TPSA) is 24.9 Å². The largest absolute Gasteiger partial charge is 0.319 e. The Bertz CT molecular complexity index is 350. The van der Waals surface area contributed by atoms with Gasteiger partial charge in [0, 0.05) is 11.9 Å². The Morgan fingerprint density at radius 1 is 1.26 bits per heavy atom. The standard InChI is InChI=1S/C17H28N2/c1-3-6-14-8-9-15(13-18-2)16(11-14)12-17-7-4-5-10-19-17/h4-5,7,10,14-16,18H,3,6,8-9,11-13H2,1-2H3. The summed E-state index contributed by atoms with van der Waals surface area (Å²) in [4.78, 5) is 4.52. The number of aromatic nitrogens is 1. The van der Waals surface area contributed by atoms with Gasteiger partial charge < -0.3 is 5.32 Å². The van der Waals surface area contributed by atoms with Crippen molar-refractivity contribution in [3.05, 3.63) is 30.1 Å². The van der Waals surface area contributed by atoms with Gasteiger partial charge in [-0.2, -0.15) is 0 Å². The van der Waals surface area contributed by atoms with Crippen molar-refractivity contribution in [1.82, 2.24) is 10.3 Å². The molecule has 1 aliphatic rings. The van der Waals surface area contributed by atoms with E-state index < -0.39 is 0 Å². The molecule has 0 bridgehead atoms. The number of rotatable bonds is 6. The smallest absolute Gasteiger partial charge is 0.0406 e. The lowest BCUT2D eigenvalue weighted by atomic mass is 9.71. The van der Waals surface area contributed by atoms with Gasteiger partial charge in [0.05, 0.1) is 0 Å². The molecule has 0 aromatic carbocycles. The number of hydrogen-bond acceptors (Lipinski definition) is 2. The second-order valence-corrected chi connectivity index (χ2v) is 6.07. The normalized spacial score (nSPS) is 27.4. The van der Waals surface area contributed by atoms with Crippen LogP contribution in [0.25, 0.3) is 0 Å². The van der Waals surface area contributed by atoms with Crippen LogP contribution in [0.4, 0.5) is 0 Å². The fourth-order valence-electron chi connectivity index (χ4n) is 3.66. The minimum absolute atomic E-state index is 0.813. The zero-order chi connectivity index (χ0) is 13.5. The SMILES string of the molecule is CCCC1CCC(CNC)C(Cc2ccccn2)C1. The van der Waals surface area contributed by atoms with Crippen molar-refractivity contribution in [1.29, 1.82) is 0 Å². The summed E-state index contributed by atoms with van der Waals surface area (Å²) in [7, 11) is 2.08. The summed E-state index contributed by atoms with van der Waals surface area (Å²) in [5.41, 5.74) is 1.27. The van der Waals surface area contributed by atoms with Crippen LogP contribution in [-0.4, -0.2) is 18.6 Å². The average Bonchev–Trinajstić information content (AvgIpc) is 2.43. The Morgan fingerprint density at radius 3 is 2.84 bits per heavy atom. The third-order valence-electron chi connectivity index (χ3n) is 4.61. The third-order valence-corrected chi connectivity index (χ3v) is 4.61. The molecule has 0 saturated heterocycles. The van der Waals surface area contributed by atoms with E-state index in [0.717, 1.165) is 30.7 Å². The summed E-state index contributed by atoms with van der Waals surface area (Å²) in [6.07, 6.45) is 10.0. The van der Waals surface area contributed by atoms with Crippen molar-refractivity contribution in [2.24, 2.45) is 17.8 Å². The Labute approximate surface area is 118 Å². The molecule has 3 atom stereocenters. The van der Waals surface area contributed by atoms with Gasteiger partial charge in [-0.25, -0.2) is 0 Å². The summed E-state index contributed by atoms with van der Waals surface area (Å²) in [5, 5.41) is 3.38. The molecule has 0 aliphatic heterocycles. The van der Waals surface area contributed by atoms with Crippen LogP contribution in [0.2, 0.25) is 0 Å². The molecule has 0 spiro atoms. The minimum atomic E-state index is 0.813. The monoisotopic (exact) mass is 260 g/mol. The van der Waals surface area contributed by atoms with E-state index in [9.17, 15) is 0 Å². The first-order valence-electron chi connectivity index (χ1n) is 7.88. The molecule has 1 aromatic heterocycles. The quantitative estimate of drug-likeness (QED) is 0.844. The number of hydrogen-bond donors (Lipinski definition) is 1. The second-order valence-electron chi connectivity index (χ2n) is 6.07. The zero-order valence-corrected chi connectivity index (χ0v) is 12.4. The highest BCUT2D eigenvalue weighted by Crippen LogP contribution is 2.37. The molecule has 2 rings (SSSR count). The minimum Gasteiger partial charge on any atom is -0.319 e. The van der Waals surface area contributed by atoms with E-state index in [1.54, 1.807) is 0 Å². The van der Waals surface area contributed by atoms with E-state index in [0.29, 0.717) is 0 Å². The maximum atomic E-state index is 4.52. The summed E-state index contributed by atoms with van der Waals surface area (Å²) in [6, 6.07) is 6.30. The van der Waals surface area contributed by atoms with Crippen molar-refractivity contribution in [2.45, 2.75) is 45.4 Å². The van der Waals surface area contributed by atoms with Crippen molar-refractivity contribution >= 4 is 0 Å². The van der Waals surface area contributed by atoms with E-state index >= 15 is 0 Å². The molecule has 1 aromatic rings. The van der Waals surface area contributed by atoms with Gasteiger partial charge in [-0.15, -0.1) is 0 Å². The van der Waals surface area contributed by atoms with Gasteiger partial charge in [-0.3, -0.25) is 4.98 Å². The molecule has 106 valence electrons. The van der Waals surface area contributed by atoms with Crippen molar-refractivity contribution in [2.75, 3.05) is 13.6 Å². The van der Waals surface area contributed by atoms with E-state index in [2.05, 4.69) is 36.4 Å². The van der Waals surface area contributed by atoms with Gasteiger partial charge in [-0.1, -0.05) is 32.3 Å². The predicted molar refractivity (Wildman–Crippen MR) is 81.1 cm³/mol. The third kappa shape index (κ3) is 4.31. The Hall–Kier alpha value is -0.890. The molecule has 0 radical (unpaired) electrons. The van der Waals surface area contributed by atoms with Gasteiger partial charge in [0.2, 0.25) is 0 Å². The van der Waals surface area contributed by atoms with Gasteiger partial charge in [0.15, 0.2) is 0 Å². The highest BCUT2D eigenvalue weighted by Gasteiger charge is 2.29. The first-order valence-corrected chi connectivity index (χ1v) is 7.88. The summed E-state index contributed by atoms with van der Waals surface area (Å²) in [5.74, 6) is 2.60. The maximum Gasteiger partial charge on any atom is 0.0406 e. The first-order chi connectivity index (χ1) is 9.33. The van der Waals surface area contributed by atoms with E-state index in [-0.39, 0.29) is 0 Å². The fraction of sp³-hybridized carbons (Fsp3) is 0.706. The van der Waals surface area contributed by atoms with Crippen molar-refractivity contribution in [3.8, 4) is 0 Å². The molecule has 0 amide bonds.